The average molecular weight is 871 g/mol. The SMILES string of the molecule is C[C@@H]1CC[C@@]2(OC1)O[C@H]1C[C@H]3[C@@H]4CC[C@H]5C[C@@H](O[C@H]6O[C@@H](CO)[C@H](O[C@@H]7O[C@H](C)[C@@H](O)[C@@H](O)[C@@H]7O)[C@@H](O)[C@@H]6O[C@@H]6O[C@H](C)[C@@H](O)[C@H](O)[C@@H]6O)CC[C@@]5(C)[C@@H]4CC[C@@]3(C)[C@H]1[C@@H]2C. The maximum absolute atomic E-state index is 12.0. The zero-order chi connectivity index (χ0) is 43.5. The summed E-state index contributed by atoms with van der Waals surface area (Å²) >= 11 is 0. The Kier molecular flexibility index (Phi) is 12.6. The zero-order valence-electron chi connectivity index (χ0n) is 36.7. The van der Waals surface area contributed by atoms with E-state index >= 15 is 0 Å². The third-order valence-electron chi connectivity index (χ3n) is 18.2. The summed E-state index contributed by atoms with van der Waals surface area (Å²) in [5.74, 6) is 3.27. The van der Waals surface area contributed by atoms with E-state index in [-0.39, 0.29) is 23.0 Å². The summed E-state index contributed by atoms with van der Waals surface area (Å²) in [4.78, 5) is 0. The van der Waals surface area contributed by atoms with Crippen LogP contribution < -0.4 is 0 Å². The van der Waals surface area contributed by atoms with Crippen LogP contribution in [-0.4, -0.2) is 164 Å². The lowest BCUT2D eigenvalue weighted by atomic mass is 9.44. The highest BCUT2D eigenvalue weighted by Gasteiger charge is 2.69. The highest BCUT2D eigenvalue weighted by Crippen LogP contribution is 2.71. The minimum Gasteiger partial charge on any atom is -0.394 e. The van der Waals surface area contributed by atoms with Gasteiger partial charge in [0.25, 0.3) is 0 Å². The van der Waals surface area contributed by atoms with E-state index in [0.29, 0.717) is 41.4 Å². The summed E-state index contributed by atoms with van der Waals surface area (Å²) in [6, 6.07) is 0. The molecule has 4 aliphatic carbocycles. The summed E-state index contributed by atoms with van der Waals surface area (Å²) in [7, 11) is 0. The topological polar surface area (TPSA) is 236 Å². The van der Waals surface area contributed by atoms with E-state index in [1.807, 2.05) is 0 Å². The van der Waals surface area contributed by atoms with Crippen LogP contribution in [0, 0.1) is 52.3 Å². The van der Waals surface area contributed by atoms with Gasteiger partial charge in [-0.3, -0.25) is 0 Å². The molecule has 16 nitrogen and oxygen atoms in total. The van der Waals surface area contributed by atoms with Crippen LogP contribution in [0.2, 0.25) is 0 Å². The molecule has 8 N–H and O–H groups in total. The fourth-order valence-corrected chi connectivity index (χ4v) is 14.6. The van der Waals surface area contributed by atoms with Crippen molar-refractivity contribution in [1.29, 1.82) is 0 Å². The van der Waals surface area contributed by atoms with Gasteiger partial charge < -0.3 is 78.7 Å². The highest BCUT2D eigenvalue weighted by atomic mass is 16.8. The number of aliphatic hydroxyl groups excluding tert-OH is 8. The van der Waals surface area contributed by atoms with Crippen LogP contribution in [0.5, 0.6) is 0 Å². The van der Waals surface area contributed by atoms with E-state index in [1.165, 1.54) is 26.7 Å². The summed E-state index contributed by atoms with van der Waals surface area (Å²) in [5, 5.41) is 85.9. The predicted octanol–water partition coefficient (Wildman–Crippen LogP) is 1.32. The van der Waals surface area contributed by atoms with Crippen molar-refractivity contribution in [1.82, 2.24) is 0 Å². The van der Waals surface area contributed by atoms with E-state index in [2.05, 4.69) is 27.7 Å². The van der Waals surface area contributed by atoms with Crippen LogP contribution in [0.3, 0.4) is 0 Å². The van der Waals surface area contributed by atoms with Gasteiger partial charge in [0.15, 0.2) is 24.7 Å². The first-order chi connectivity index (χ1) is 28.9. The quantitative estimate of drug-likeness (QED) is 0.169. The second kappa shape index (κ2) is 16.9. The summed E-state index contributed by atoms with van der Waals surface area (Å²) in [6.45, 7) is 12.9. The first-order valence-corrected chi connectivity index (χ1v) is 23.5. The zero-order valence-corrected chi connectivity index (χ0v) is 36.7. The molecule has 1 spiro atoms. The van der Waals surface area contributed by atoms with Gasteiger partial charge >= 0.3 is 0 Å². The monoisotopic (exact) mass is 870 g/mol. The Bertz CT molecular complexity index is 1530. The molecule has 5 aliphatic heterocycles. The van der Waals surface area contributed by atoms with Crippen molar-refractivity contribution in [2.45, 2.75) is 216 Å². The summed E-state index contributed by atoms with van der Waals surface area (Å²) < 4.78 is 50.3. The van der Waals surface area contributed by atoms with E-state index in [1.54, 1.807) is 0 Å². The average Bonchev–Trinajstić information content (AvgIpc) is 3.69. The third kappa shape index (κ3) is 7.50. The number of aliphatic hydroxyl groups is 8. The first kappa shape index (κ1) is 45.5. The van der Waals surface area contributed by atoms with E-state index in [9.17, 15) is 40.9 Å². The maximum Gasteiger partial charge on any atom is 0.187 e. The first-order valence-electron chi connectivity index (χ1n) is 23.5. The second-order valence-electron chi connectivity index (χ2n) is 21.5. The second-order valence-corrected chi connectivity index (χ2v) is 21.5. The molecule has 27 atom stereocenters. The standard InChI is InChI=1S/C45H74O16/c1-19-9-14-45(54-18-19)20(2)30-28(61-45)16-27-25-8-7-23-15-24(10-12-43(23,5)26(25)11-13-44(27,30)6)57-42-39(60-41-36(52)34(50)32(48)22(4)56-41)37(53)38(29(17-46)58-42)59-40-35(51)33(49)31(47)21(3)55-40/h19-42,46-53H,7-18H2,1-6H3/t19-,20+,21-,22-,23+,24+,25-,26-,27+,28+,29+,30+,31-,32-,33-,34+,35+,36+,37-,38+,39+,40+,41+,42+,43-,44-,45-/m1/s1. The number of hydrogen-bond donors (Lipinski definition) is 8. The molecule has 9 rings (SSSR count). The van der Waals surface area contributed by atoms with Crippen molar-refractivity contribution in [2.24, 2.45) is 52.3 Å². The van der Waals surface area contributed by atoms with Gasteiger partial charge in [0, 0.05) is 12.3 Å². The highest BCUT2D eigenvalue weighted by molar-refractivity contribution is 5.15. The molecule has 0 aromatic heterocycles. The Balaban J connectivity index is 0.897. The van der Waals surface area contributed by atoms with Crippen LogP contribution in [0.15, 0.2) is 0 Å². The van der Waals surface area contributed by atoms with Crippen molar-refractivity contribution in [3.63, 3.8) is 0 Å². The van der Waals surface area contributed by atoms with Gasteiger partial charge in [-0.25, -0.2) is 0 Å². The van der Waals surface area contributed by atoms with Crippen molar-refractivity contribution >= 4 is 0 Å². The van der Waals surface area contributed by atoms with Gasteiger partial charge in [-0.15, -0.1) is 0 Å². The van der Waals surface area contributed by atoms with Gasteiger partial charge in [0.2, 0.25) is 0 Å². The molecule has 9 fully saturated rings. The normalized spacial score (nSPS) is 59.7. The molecule has 0 unspecified atom stereocenters. The lowest BCUT2D eigenvalue weighted by Gasteiger charge is -2.61. The molecule has 0 radical (unpaired) electrons. The van der Waals surface area contributed by atoms with Crippen LogP contribution in [0.25, 0.3) is 0 Å². The van der Waals surface area contributed by atoms with Crippen molar-refractivity contribution in [3.8, 4) is 0 Å². The number of hydrogen-bond acceptors (Lipinski definition) is 16. The van der Waals surface area contributed by atoms with E-state index in [4.69, 9.17) is 37.9 Å². The molecule has 16 heteroatoms. The van der Waals surface area contributed by atoms with Crippen LogP contribution in [0.4, 0.5) is 0 Å². The fraction of sp³-hybridized carbons (Fsp3) is 1.00. The largest absolute Gasteiger partial charge is 0.394 e. The molecule has 0 amide bonds. The fourth-order valence-electron chi connectivity index (χ4n) is 14.6. The summed E-state index contributed by atoms with van der Waals surface area (Å²) in [5.41, 5.74) is 0.350. The molecule has 5 saturated heterocycles. The van der Waals surface area contributed by atoms with Crippen molar-refractivity contribution in [2.75, 3.05) is 13.2 Å². The van der Waals surface area contributed by atoms with Crippen molar-refractivity contribution in [3.05, 3.63) is 0 Å². The molecule has 0 bridgehead atoms. The molecular weight excluding hydrogens is 796 g/mol. The number of fused-ring (bicyclic) bond motifs is 7. The van der Waals surface area contributed by atoms with E-state index < -0.39 is 105 Å². The van der Waals surface area contributed by atoms with Gasteiger partial charge in [-0.1, -0.05) is 27.7 Å². The molecule has 9 aliphatic rings. The molecule has 61 heavy (non-hydrogen) atoms. The van der Waals surface area contributed by atoms with Crippen LogP contribution in [0.1, 0.15) is 106 Å². The molecule has 5 heterocycles. The van der Waals surface area contributed by atoms with Crippen LogP contribution >= 0.6 is 0 Å². The summed E-state index contributed by atoms with van der Waals surface area (Å²) in [6.07, 6.45) is -11.0. The Labute approximate surface area is 359 Å². The Hall–Kier alpha value is -0.640. The third-order valence-corrected chi connectivity index (χ3v) is 18.2. The van der Waals surface area contributed by atoms with Gasteiger partial charge in [0.1, 0.15) is 61.0 Å². The lowest BCUT2D eigenvalue weighted by Crippen LogP contribution is -2.66. The molecule has 350 valence electrons. The van der Waals surface area contributed by atoms with Gasteiger partial charge in [-0.2, -0.15) is 0 Å². The molecular formula is C45H74O16. The van der Waals surface area contributed by atoms with Crippen molar-refractivity contribution < 1.29 is 78.7 Å². The lowest BCUT2D eigenvalue weighted by molar-refractivity contribution is -0.389. The maximum atomic E-state index is 12.0. The predicted molar refractivity (Wildman–Crippen MR) is 213 cm³/mol. The minimum absolute atomic E-state index is 0.122. The smallest absolute Gasteiger partial charge is 0.187 e. The molecule has 0 aromatic carbocycles. The Morgan fingerprint density at radius 2 is 1.23 bits per heavy atom. The van der Waals surface area contributed by atoms with Crippen LogP contribution in [-0.2, 0) is 37.9 Å². The Morgan fingerprint density at radius 3 is 1.85 bits per heavy atom. The Morgan fingerprint density at radius 1 is 0.590 bits per heavy atom. The number of rotatable bonds is 7. The minimum atomic E-state index is -1.70. The van der Waals surface area contributed by atoms with Gasteiger partial charge in [0.05, 0.1) is 37.6 Å². The van der Waals surface area contributed by atoms with Gasteiger partial charge in [-0.05, 0) is 118 Å². The molecule has 0 aromatic rings. The molecule has 4 saturated carbocycles. The van der Waals surface area contributed by atoms with E-state index in [0.717, 1.165) is 58.0 Å². The number of ether oxygens (including phenoxy) is 8.